The molecule has 0 bridgehead atoms. The number of hydrogen-bond donors (Lipinski definition) is 4. The molecule has 0 saturated carbocycles. The SMILES string of the molecule is C=C(C)C[C@H](c1ccc(O)c(O)c1O)N1CCNCC1. The van der Waals surface area contributed by atoms with Crippen molar-refractivity contribution in [3.63, 3.8) is 0 Å². The van der Waals surface area contributed by atoms with Gasteiger partial charge in [-0.05, 0) is 25.5 Å². The fourth-order valence-corrected chi connectivity index (χ4v) is 2.61. The lowest BCUT2D eigenvalue weighted by molar-refractivity contribution is 0.169. The summed E-state index contributed by atoms with van der Waals surface area (Å²) in [6, 6.07) is 3.04. The molecule has 0 spiro atoms. The average molecular weight is 278 g/mol. The van der Waals surface area contributed by atoms with E-state index in [4.69, 9.17) is 0 Å². The highest BCUT2D eigenvalue weighted by Gasteiger charge is 2.26. The minimum absolute atomic E-state index is 0.0406. The molecular weight excluding hydrogens is 256 g/mol. The van der Waals surface area contributed by atoms with Crippen LogP contribution < -0.4 is 5.32 Å². The molecule has 0 aliphatic carbocycles. The first kappa shape index (κ1) is 14.7. The molecule has 5 heteroatoms. The fourth-order valence-electron chi connectivity index (χ4n) is 2.61. The number of piperazine rings is 1. The Labute approximate surface area is 119 Å². The van der Waals surface area contributed by atoms with Crippen molar-refractivity contribution in [2.75, 3.05) is 26.2 Å². The smallest absolute Gasteiger partial charge is 0.200 e. The largest absolute Gasteiger partial charge is 0.504 e. The van der Waals surface area contributed by atoms with Gasteiger partial charge < -0.3 is 20.6 Å². The van der Waals surface area contributed by atoms with E-state index in [2.05, 4.69) is 16.8 Å². The zero-order valence-electron chi connectivity index (χ0n) is 11.8. The van der Waals surface area contributed by atoms with Gasteiger partial charge in [0, 0.05) is 37.8 Å². The topological polar surface area (TPSA) is 76.0 Å². The van der Waals surface area contributed by atoms with E-state index >= 15 is 0 Å². The second-order valence-electron chi connectivity index (χ2n) is 5.33. The van der Waals surface area contributed by atoms with Crippen molar-refractivity contribution in [3.8, 4) is 17.2 Å². The van der Waals surface area contributed by atoms with Crippen LogP contribution >= 0.6 is 0 Å². The Hall–Kier alpha value is -1.72. The molecule has 0 amide bonds. The lowest BCUT2D eigenvalue weighted by Gasteiger charge is -2.35. The molecule has 1 aliphatic rings. The Balaban J connectivity index is 2.35. The highest BCUT2D eigenvalue weighted by molar-refractivity contribution is 5.54. The summed E-state index contributed by atoms with van der Waals surface area (Å²) in [5, 5.41) is 32.6. The number of benzene rings is 1. The van der Waals surface area contributed by atoms with Crippen LogP contribution in [0.5, 0.6) is 17.2 Å². The van der Waals surface area contributed by atoms with E-state index in [1.807, 2.05) is 6.92 Å². The lowest BCUT2D eigenvalue weighted by atomic mass is 9.96. The van der Waals surface area contributed by atoms with Gasteiger partial charge in [-0.15, -0.1) is 6.58 Å². The Morgan fingerprint density at radius 1 is 1.25 bits per heavy atom. The minimum Gasteiger partial charge on any atom is -0.504 e. The Bertz CT molecular complexity index is 496. The van der Waals surface area contributed by atoms with Gasteiger partial charge in [0.2, 0.25) is 5.75 Å². The van der Waals surface area contributed by atoms with Crippen molar-refractivity contribution < 1.29 is 15.3 Å². The van der Waals surface area contributed by atoms with Crippen molar-refractivity contribution in [1.29, 1.82) is 0 Å². The molecule has 5 nitrogen and oxygen atoms in total. The maximum absolute atomic E-state index is 10.1. The molecule has 1 aromatic carbocycles. The Morgan fingerprint density at radius 3 is 2.50 bits per heavy atom. The van der Waals surface area contributed by atoms with Crippen LogP contribution in [0.4, 0.5) is 0 Å². The molecule has 0 unspecified atom stereocenters. The quantitative estimate of drug-likeness (QED) is 0.498. The van der Waals surface area contributed by atoms with Crippen molar-refractivity contribution in [2.24, 2.45) is 0 Å². The van der Waals surface area contributed by atoms with Crippen LogP contribution in [-0.4, -0.2) is 46.4 Å². The first-order valence-electron chi connectivity index (χ1n) is 6.83. The van der Waals surface area contributed by atoms with Gasteiger partial charge in [-0.2, -0.15) is 0 Å². The number of hydrogen-bond acceptors (Lipinski definition) is 5. The minimum atomic E-state index is -0.454. The number of phenols is 3. The summed E-state index contributed by atoms with van der Waals surface area (Å²) in [6.07, 6.45) is 0.706. The molecule has 1 saturated heterocycles. The summed E-state index contributed by atoms with van der Waals surface area (Å²) < 4.78 is 0. The average Bonchev–Trinajstić information content (AvgIpc) is 2.44. The van der Waals surface area contributed by atoms with Crippen LogP contribution in [0, 0.1) is 0 Å². The van der Waals surface area contributed by atoms with Crippen LogP contribution in [-0.2, 0) is 0 Å². The summed E-state index contributed by atoms with van der Waals surface area (Å²) in [5.41, 5.74) is 1.64. The molecule has 1 aliphatic heterocycles. The van der Waals surface area contributed by atoms with Crippen molar-refractivity contribution in [3.05, 3.63) is 29.8 Å². The molecule has 4 N–H and O–H groups in total. The first-order valence-corrected chi connectivity index (χ1v) is 6.83. The van der Waals surface area contributed by atoms with E-state index in [-0.39, 0.29) is 17.5 Å². The second kappa shape index (κ2) is 6.15. The van der Waals surface area contributed by atoms with Gasteiger partial charge in [-0.25, -0.2) is 0 Å². The van der Waals surface area contributed by atoms with Crippen molar-refractivity contribution in [2.45, 2.75) is 19.4 Å². The third-order valence-corrected chi connectivity index (χ3v) is 3.65. The summed E-state index contributed by atoms with van der Waals surface area (Å²) >= 11 is 0. The van der Waals surface area contributed by atoms with Gasteiger partial charge in [0.05, 0.1) is 0 Å². The molecule has 1 heterocycles. The molecule has 1 aromatic rings. The number of aromatic hydroxyl groups is 3. The Kier molecular flexibility index (Phi) is 4.52. The maximum Gasteiger partial charge on any atom is 0.200 e. The van der Waals surface area contributed by atoms with Crippen molar-refractivity contribution >= 4 is 0 Å². The normalized spacial score (nSPS) is 17.9. The predicted molar refractivity (Wildman–Crippen MR) is 78.1 cm³/mol. The van der Waals surface area contributed by atoms with E-state index in [1.165, 1.54) is 6.07 Å². The van der Waals surface area contributed by atoms with E-state index in [9.17, 15) is 15.3 Å². The Morgan fingerprint density at radius 2 is 1.90 bits per heavy atom. The highest BCUT2D eigenvalue weighted by Crippen LogP contribution is 2.42. The van der Waals surface area contributed by atoms with Gasteiger partial charge >= 0.3 is 0 Å². The predicted octanol–water partition coefficient (Wildman–Crippen LogP) is 1.72. The standard InChI is InChI=1S/C15H22N2O3/c1-10(2)9-12(17-7-5-16-6-8-17)11-3-4-13(18)15(20)14(11)19/h3-4,12,16,18-20H,1,5-9H2,2H3/t12-/m1/s1. The van der Waals surface area contributed by atoms with Gasteiger partial charge in [0.15, 0.2) is 11.5 Å². The molecule has 0 radical (unpaired) electrons. The number of rotatable bonds is 4. The summed E-state index contributed by atoms with van der Waals surface area (Å²) in [5.74, 6) is -1.00. The van der Waals surface area contributed by atoms with Gasteiger partial charge in [-0.3, -0.25) is 4.90 Å². The maximum atomic E-state index is 10.1. The summed E-state index contributed by atoms with van der Waals surface area (Å²) in [6.45, 7) is 9.45. The monoisotopic (exact) mass is 278 g/mol. The van der Waals surface area contributed by atoms with Crippen LogP contribution in [0.3, 0.4) is 0 Å². The number of nitrogens with zero attached hydrogens (tertiary/aromatic N) is 1. The molecule has 2 rings (SSSR count). The lowest BCUT2D eigenvalue weighted by Crippen LogP contribution is -2.45. The number of nitrogens with one attached hydrogen (secondary N) is 1. The van der Waals surface area contributed by atoms with Crippen molar-refractivity contribution in [1.82, 2.24) is 10.2 Å². The van der Waals surface area contributed by atoms with E-state index in [0.717, 1.165) is 31.8 Å². The van der Waals surface area contributed by atoms with Crippen LogP contribution in [0.1, 0.15) is 24.9 Å². The molecule has 0 aromatic heterocycles. The van der Waals surface area contributed by atoms with Crippen LogP contribution in [0.25, 0.3) is 0 Å². The first-order chi connectivity index (χ1) is 9.50. The summed E-state index contributed by atoms with van der Waals surface area (Å²) in [7, 11) is 0. The zero-order chi connectivity index (χ0) is 14.7. The van der Waals surface area contributed by atoms with E-state index in [1.54, 1.807) is 6.07 Å². The molecule has 20 heavy (non-hydrogen) atoms. The number of phenolic OH excluding ortho intramolecular Hbond substituents is 3. The molecule has 1 fully saturated rings. The highest BCUT2D eigenvalue weighted by atomic mass is 16.3. The summed E-state index contributed by atoms with van der Waals surface area (Å²) in [4.78, 5) is 2.26. The van der Waals surface area contributed by atoms with Gasteiger partial charge in [-0.1, -0.05) is 5.57 Å². The third kappa shape index (κ3) is 3.05. The second-order valence-corrected chi connectivity index (χ2v) is 5.33. The zero-order valence-corrected chi connectivity index (χ0v) is 11.8. The van der Waals surface area contributed by atoms with Gasteiger partial charge in [0.1, 0.15) is 0 Å². The molecular formula is C15H22N2O3. The van der Waals surface area contributed by atoms with E-state index in [0.29, 0.717) is 12.0 Å². The van der Waals surface area contributed by atoms with Crippen LogP contribution in [0.15, 0.2) is 24.3 Å². The third-order valence-electron chi connectivity index (χ3n) is 3.65. The molecule has 110 valence electrons. The fraction of sp³-hybridized carbons (Fsp3) is 0.467. The molecule has 1 atom stereocenters. The van der Waals surface area contributed by atoms with E-state index < -0.39 is 5.75 Å². The van der Waals surface area contributed by atoms with Gasteiger partial charge in [0.25, 0.3) is 0 Å². The van der Waals surface area contributed by atoms with Crippen LogP contribution in [0.2, 0.25) is 0 Å².